The summed E-state index contributed by atoms with van der Waals surface area (Å²) >= 11 is 0. The maximum absolute atomic E-state index is 10.9. The highest BCUT2D eigenvalue weighted by atomic mass is 32.2. The average Bonchev–Trinajstić information content (AvgIpc) is 2.38. The smallest absolute Gasteiger partial charge is 0.0244 e. The van der Waals surface area contributed by atoms with E-state index in [-0.39, 0.29) is 0 Å². The Morgan fingerprint density at radius 1 is 1.11 bits per heavy atom. The van der Waals surface area contributed by atoms with Crippen LogP contribution in [0.2, 0.25) is 0 Å². The number of hydrogen-bond acceptors (Lipinski definition) is 2. The molecule has 0 aliphatic carbocycles. The Morgan fingerprint density at radius 2 is 1.89 bits per heavy atom. The SMILES string of the molecule is CS(=O)CCCNCc1cccc2ccccc12. The molecule has 0 fully saturated rings. The molecule has 0 amide bonds. The number of rotatable bonds is 6. The van der Waals surface area contributed by atoms with Gasteiger partial charge in [-0.1, -0.05) is 42.5 Å². The molecule has 3 heteroatoms. The Labute approximate surface area is 111 Å². The van der Waals surface area contributed by atoms with Crippen molar-refractivity contribution in [2.24, 2.45) is 0 Å². The van der Waals surface area contributed by atoms with Crippen molar-refractivity contribution >= 4 is 21.6 Å². The fraction of sp³-hybridized carbons (Fsp3) is 0.333. The zero-order valence-corrected chi connectivity index (χ0v) is 11.5. The third kappa shape index (κ3) is 3.65. The van der Waals surface area contributed by atoms with E-state index in [0.717, 1.165) is 25.3 Å². The van der Waals surface area contributed by atoms with Gasteiger partial charge < -0.3 is 5.32 Å². The van der Waals surface area contributed by atoms with Crippen LogP contribution < -0.4 is 5.32 Å². The maximum Gasteiger partial charge on any atom is 0.0244 e. The molecule has 0 bridgehead atoms. The maximum atomic E-state index is 10.9. The van der Waals surface area contributed by atoms with Crippen LogP contribution in [-0.4, -0.2) is 22.8 Å². The van der Waals surface area contributed by atoms with E-state index >= 15 is 0 Å². The Kier molecular flexibility index (Phi) is 4.90. The minimum Gasteiger partial charge on any atom is -0.313 e. The van der Waals surface area contributed by atoms with Gasteiger partial charge in [0.2, 0.25) is 0 Å². The quantitative estimate of drug-likeness (QED) is 0.810. The molecule has 1 unspecified atom stereocenters. The van der Waals surface area contributed by atoms with Crippen LogP contribution in [0.4, 0.5) is 0 Å². The van der Waals surface area contributed by atoms with Gasteiger partial charge in [-0.15, -0.1) is 0 Å². The standard InChI is InChI=1S/C15H19NOS/c1-18(17)11-5-10-16-12-14-8-4-7-13-6-2-3-9-15(13)14/h2-4,6-9,16H,5,10-12H2,1H3. The summed E-state index contributed by atoms with van der Waals surface area (Å²) in [6.45, 7) is 1.79. The van der Waals surface area contributed by atoms with Crippen LogP contribution in [0.25, 0.3) is 10.8 Å². The van der Waals surface area contributed by atoms with Crippen LogP contribution in [-0.2, 0) is 17.3 Å². The van der Waals surface area contributed by atoms with E-state index in [1.165, 1.54) is 16.3 Å². The van der Waals surface area contributed by atoms with Crippen molar-refractivity contribution in [1.82, 2.24) is 5.32 Å². The number of fused-ring (bicyclic) bond motifs is 1. The van der Waals surface area contributed by atoms with Crippen LogP contribution >= 0.6 is 0 Å². The highest BCUT2D eigenvalue weighted by Crippen LogP contribution is 2.18. The molecular weight excluding hydrogens is 242 g/mol. The second kappa shape index (κ2) is 6.66. The van der Waals surface area contributed by atoms with Gasteiger partial charge in [0, 0.05) is 29.4 Å². The lowest BCUT2D eigenvalue weighted by atomic mass is 10.0. The highest BCUT2D eigenvalue weighted by molar-refractivity contribution is 7.84. The molecule has 1 N–H and O–H groups in total. The first-order valence-corrected chi connectivity index (χ1v) is 7.97. The Balaban J connectivity index is 1.93. The highest BCUT2D eigenvalue weighted by Gasteiger charge is 1.99. The second-order valence-corrected chi connectivity index (χ2v) is 6.00. The van der Waals surface area contributed by atoms with Crippen molar-refractivity contribution in [1.29, 1.82) is 0 Å². The predicted molar refractivity (Wildman–Crippen MR) is 79.2 cm³/mol. The molecule has 2 rings (SSSR count). The van der Waals surface area contributed by atoms with E-state index in [2.05, 4.69) is 47.8 Å². The van der Waals surface area contributed by atoms with Crippen molar-refractivity contribution in [2.75, 3.05) is 18.6 Å². The first kappa shape index (κ1) is 13.2. The van der Waals surface area contributed by atoms with Gasteiger partial charge in [-0.2, -0.15) is 0 Å². The summed E-state index contributed by atoms with van der Waals surface area (Å²) in [7, 11) is -0.676. The van der Waals surface area contributed by atoms with Crippen LogP contribution in [0.3, 0.4) is 0 Å². The molecule has 0 heterocycles. The van der Waals surface area contributed by atoms with Gasteiger partial charge in [-0.3, -0.25) is 4.21 Å². The first-order chi connectivity index (χ1) is 8.77. The molecule has 0 aliphatic rings. The number of benzene rings is 2. The minimum absolute atomic E-state index is 0.676. The second-order valence-electron chi connectivity index (χ2n) is 4.45. The van der Waals surface area contributed by atoms with Crippen molar-refractivity contribution in [2.45, 2.75) is 13.0 Å². The third-order valence-electron chi connectivity index (χ3n) is 2.98. The van der Waals surface area contributed by atoms with Gasteiger partial charge in [0.1, 0.15) is 0 Å². The topological polar surface area (TPSA) is 29.1 Å². The molecule has 96 valence electrons. The molecule has 0 radical (unpaired) electrons. The van der Waals surface area contributed by atoms with E-state index in [1.54, 1.807) is 6.26 Å². The van der Waals surface area contributed by atoms with Gasteiger partial charge >= 0.3 is 0 Å². The van der Waals surface area contributed by atoms with E-state index in [4.69, 9.17) is 0 Å². The largest absolute Gasteiger partial charge is 0.313 e. The summed E-state index contributed by atoms with van der Waals surface area (Å²) in [4.78, 5) is 0. The fourth-order valence-corrected chi connectivity index (χ4v) is 2.62. The van der Waals surface area contributed by atoms with Gasteiger partial charge in [0.15, 0.2) is 0 Å². The lowest BCUT2D eigenvalue weighted by Crippen LogP contribution is -2.16. The van der Waals surface area contributed by atoms with Gasteiger partial charge in [-0.05, 0) is 29.3 Å². The van der Waals surface area contributed by atoms with Crippen molar-refractivity contribution in [3.05, 3.63) is 48.0 Å². The normalized spacial score (nSPS) is 12.7. The summed E-state index contributed by atoms with van der Waals surface area (Å²) in [5, 5.41) is 6.01. The Hall–Kier alpha value is -1.19. The van der Waals surface area contributed by atoms with Crippen LogP contribution in [0.5, 0.6) is 0 Å². The minimum atomic E-state index is -0.676. The molecule has 0 spiro atoms. The lowest BCUT2D eigenvalue weighted by Gasteiger charge is -2.08. The monoisotopic (exact) mass is 261 g/mol. The summed E-state index contributed by atoms with van der Waals surface area (Å²) in [5.41, 5.74) is 1.32. The average molecular weight is 261 g/mol. The third-order valence-corrected chi connectivity index (χ3v) is 3.84. The summed E-state index contributed by atoms with van der Waals surface area (Å²) in [5.74, 6) is 0.780. The first-order valence-electron chi connectivity index (χ1n) is 6.25. The molecule has 2 aromatic carbocycles. The van der Waals surface area contributed by atoms with Crippen molar-refractivity contribution in [3.63, 3.8) is 0 Å². The van der Waals surface area contributed by atoms with Gasteiger partial charge in [0.05, 0.1) is 0 Å². The predicted octanol–water partition coefficient (Wildman–Crippen LogP) is 2.70. The summed E-state index contributed by atoms with van der Waals surface area (Å²) in [6, 6.07) is 14.8. The van der Waals surface area contributed by atoms with Crippen molar-refractivity contribution < 1.29 is 4.21 Å². The van der Waals surface area contributed by atoms with Gasteiger partial charge in [-0.25, -0.2) is 0 Å². The van der Waals surface area contributed by atoms with Crippen LogP contribution in [0, 0.1) is 0 Å². The molecule has 2 nitrogen and oxygen atoms in total. The van der Waals surface area contributed by atoms with Crippen molar-refractivity contribution in [3.8, 4) is 0 Å². The van der Waals surface area contributed by atoms with E-state index in [9.17, 15) is 4.21 Å². The molecule has 0 saturated heterocycles. The molecule has 0 aromatic heterocycles. The van der Waals surface area contributed by atoms with E-state index in [0.29, 0.717) is 0 Å². The number of nitrogens with one attached hydrogen (secondary N) is 1. The molecule has 18 heavy (non-hydrogen) atoms. The molecular formula is C15H19NOS. The zero-order valence-electron chi connectivity index (χ0n) is 10.7. The summed E-state index contributed by atoms with van der Waals surface area (Å²) < 4.78 is 10.9. The van der Waals surface area contributed by atoms with Crippen LogP contribution in [0.1, 0.15) is 12.0 Å². The van der Waals surface area contributed by atoms with Gasteiger partial charge in [0.25, 0.3) is 0 Å². The summed E-state index contributed by atoms with van der Waals surface area (Å²) in [6.07, 6.45) is 2.72. The Bertz CT molecular complexity index is 534. The zero-order chi connectivity index (χ0) is 12.8. The molecule has 0 aliphatic heterocycles. The molecule has 1 atom stereocenters. The molecule has 2 aromatic rings. The van der Waals surface area contributed by atoms with E-state index < -0.39 is 10.8 Å². The number of hydrogen-bond donors (Lipinski definition) is 1. The van der Waals surface area contributed by atoms with E-state index in [1.807, 2.05) is 0 Å². The Morgan fingerprint density at radius 3 is 2.72 bits per heavy atom. The van der Waals surface area contributed by atoms with Crippen LogP contribution in [0.15, 0.2) is 42.5 Å². The fourth-order valence-electron chi connectivity index (χ4n) is 2.07. The lowest BCUT2D eigenvalue weighted by molar-refractivity contribution is 0.663. The molecule has 0 saturated carbocycles.